The summed E-state index contributed by atoms with van der Waals surface area (Å²) in [7, 11) is 0. The molecule has 0 unspecified atom stereocenters. The smallest absolute Gasteiger partial charge is 0.251 e. The summed E-state index contributed by atoms with van der Waals surface area (Å²) in [5, 5.41) is 3.93. The molecule has 1 heterocycles. The van der Waals surface area contributed by atoms with Crippen molar-refractivity contribution in [1.29, 1.82) is 0 Å². The van der Waals surface area contributed by atoms with Gasteiger partial charge in [-0.25, -0.2) is 0 Å². The van der Waals surface area contributed by atoms with Crippen molar-refractivity contribution in [2.24, 2.45) is 0 Å². The molecule has 134 valence electrons. The Bertz CT molecular complexity index is 975. The van der Waals surface area contributed by atoms with Crippen molar-refractivity contribution in [3.05, 3.63) is 81.1 Å². The fourth-order valence-electron chi connectivity index (χ4n) is 3.08. The molecule has 4 nitrogen and oxygen atoms in total. The Balaban J connectivity index is 1.58. The molecule has 26 heavy (non-hydrogen) atoms. The molecule has 0 saturated heterocycles. The van der Waals surface area contributed by atoms with Gasteiger partial charge in [-0.3, -0.25) is 9.59 Å². The summed E-state index contributed by atoms with van der Waals surface area (Å²) in [5.41, 5.74) is 4.92. The number of rotatable bonds is 6. The molecule has 3 aromatic rings. The summed E-state index contributed by atoms with van der Waals surface area (Å²) >= 11 is 0. The fraction of sp³-hybridized carbons (Fsp3) is 0.273. The summed E-state index contributed by atoms with van der Waals surface area (Å²) in [6.07, 6.45) is 1.70. The van der Waals surface area contributed by atoms with Gasteiger partial charge in [0.05, 0.1) is 5.52 Å². The van der Waals surface area contributed by atoms with Crippen LogP contribution in [0.15, 0.2) is 53.3 Å². The number of amides is 1. The van der Waals surface area contributed by atoms with Gasteiger partial charge in [0.25, 0.3) is 5.56 Å². The predicted octanol–water partition coefficient (Wildman–Crippen LogP) is 3.44. The van der Waals surface area contributed by atoms with E-state index >= 15 is 0 Å². The highest BCUT2D eigenvalue weighted by Crippen LogP contribution is 2.18. The van der Waals surface area contributed by atoms with Crippen molar-refractivity contribution < 1.29 is 4.79 Å². The first-order valence-corrected chi connectivity index (χ1v) is 8.97. The number of carbonyl (C=O) groups excluding carboxylic acids is 1. The zero-order valence-corrected chi connectivity index (χ0v) is 15.3. The number of H-pyrrole nitrogens is 1. The number of aryl methyl sites for hydroxylation is 3. The van der Waals surface area contributed by atoms with Crippen LogP contribution < -0.4 is 10.9 Å². The Morgan fingerprint density at radius 2 is 1.81 bits per heavy atom. The van der Waals surface area contributed by atoms with E-state index in [4.69, 9.17) is 0 Å². The van der Waals surface area contributed by atoms with E-state index in [0.717, 1.165) is 34.0 Å². The van der Waals surface area contributed by atoms with Crippen molar-refractivity contribution in [3.63, 3.8) is 0 Å². The molecule has 0 bridgehead atoms. The van der Waals surface area contributed by atoms with Crippen molar-refractivity contribution in [3.8, 4) is 0 Å². The maximum absolute atomic E-state index is 12.3. The van der Waals surface area contributed by atoms with Gasteiger partial charge >= 0.3 is 0 Å². The van der Waals surface area contributed by atoms with Crippen molar-refractivity contribution in [2.45, 2.75) is 33.1 Å². The van der Waals surface area contributed by atoms with Gasteiger partial charge in [0, 0.05) is 18.5 Å². The van der Waals surface area contributed by atoms with Crippen LogP contribution in [0.25, 0.3) is 10.9 Å². The molecule has 3 rings (SSSR count). The second-order valence-corrected chi connectivity index (χ2v) is 6.68. The first-order chi connectivity index (χ1) is 12.5. The average Bonchev–Trinajstić information content (AvgIpc) is 2.65. The van der Waals surface area contributed by atoms with Crippen LogP contribution in [0, 0.1) is 13.8 Å². The summed E-state index contributed by atoms with van der Waals surface area (Å²) in [6, 6.07) is 16.0. The van der Waals surface area contributed by atoms with Gasteiger partial charge in [-0.05, 0) is 54.8 Å². The third-order valence-corrected chi connectivity index (χ3v) is 4.83. The minimum Gasteiger partial charge on any atom is -0.356 e. The zero-order valence-electron chi connectivity index (χ0n) is 15.3. The third kappa shape index (κ3) is 4.20. The van der Waals surface area contributed by atoms with E-state index in [2.05, 4.69) is 16.4 Å². The fourth-order valence-corrected chi connectivity index (χ4v) is 3.08. The van der Waals surface area contributed by atoms with E-state index in [0.29, 0.717) is 24.9 Å². The van der Waals surface area contributed by atoms with Crippen LogP contribution in [0.3, 0.4) is 0 Å². The number of pyridine rings is 1. The molecule has 0 radical (unpaired) electrons. The van der Waals surface area contributed by atoms with Crippen LogP contribution >= 0.6 is 0 Å². The number of hydrogen-bond acceptors (Lipinski definition) is 2. The summed E-state index contributed by atoms with van der Waals surface area (Å²) in [4.78, 5) is 27.3. The van der Waals surface area contributed by atoms with E-state index in [1.165, 1.54) is 0 Å². The Labute approximate surface area is 153 Å². The van der Waals surface area contributed by atoms with Crippen molar-refractivity contribution in [2.75, 3.05) is 6.54 Å². The molecule has 0 saturated carbocycles. The molecule has 4 heteroatoms. The van der Waals surface area contributed by atoms with Crippen LogP contribution in [-0.2, 0) is 17.6 Å². The van der Waals surface area contributed by atoms with E-state index in [1.54, 1.807) is 0 Å². The highest BCUT2D eigenvalue weighted by Gasteiger charge is 2.07. The van der Waals surface area contributed by atoms with Gasteiger partial charge in [-0.2, -0.15) is 0 Å². The minimum absolute atomic E-state index is 0.0116. The molecule has 0 atom stereocenters. The Kier molecular flexibility index (Phi) is 5.52. The predicted molar refractivity (Wildman–Crippen MR) is 106 cm³/mol. The summed E-state index contributed by atoms with van der Waals surface area (Å²) < 4.78 is 0. The lowest BCUT2D eigenvalue weighted by Gasteiger charge is -2.09. The number of nitrogens with one attached hydrogen (secondary N) is 2. The van der Waals surface area contributed by atoms with Crippen LogP contribution in [0.2, 0.25) is 0 Å². The maximum Gasteiger partial charge on any atom is 0.251 e. The van der Waals surface area contributed by atoms with Crippen LogP contribution in [-0.4, -0.2) is 17.4 Å². The van der Waals surface area contributed by atoms with Gasteiger partial charge in [0.15, 0.2) is 0 Å². The highest BCUT2D eigenvalue weighted by atomic mass is 16.1. The standard InChI is InChI=1S/C22H24N2O2/c1-15-8-10-18-14-19(22(26)24-21(18)16(15)2)12-13-23-20(25)11-9-17-6-4-3-5-7-17/h3-8,10,14H,9,11-13H2,1-2H3,(H,23,25)(H,24,26). The maximum atomic E-state index is 12.3. The molecule has 1 amide bonds. The van der Waals surface area contributed by atoms with Gasteiger partial charge < -0.3 is 10.3 Å². The number of carbonyl (C=O) groups is 1. The lowest BCUT2D eigenvalue weighted by Crippen LogP contribution is -2.27. The molecule has 0 spiro atoms. The van der Waals surface area contributed by atoms with E-state index in [-0.39, 0.29) is 11.5 Å². The van der Waals surface area contributed by atoms with Crippen molar-refractivity contribution >= 4 is 16.8 Å². The van der Waals surface area contributed by atoms with Crippen LogP contribution in [0.5, 0.6) is 0 Å². The highest BCUT2D eigenvalue weighted by molar-refractivity contribution is 5.83. The number of aromatic amines is 1. The lowest BCUT2D eigenvalue weighted by molar-refractivity contribution is -0.121. The molecular formula is C22H24N2O2. The first kappa shape index (κ1) is 17.9. The summed E-state index contributed by atoms with van der Waals surface area (Å²) in [6.45, 7) is 4.51. The molecule has 0 aliphatic carbocycles. The van der Waals surface area contributed by atoms with Crippen LogP contribution in [0.1, 0.15) is 28.7 Å². The molecule has 0 fully saturated rings. The molecule has 0 aliphatic heterocycles. The monoisotopic (exact) mass is 348 g/mol. The molecule has 0 aliphatic rings. The zero-order chi connectivity index (χ0) is 18.5. The normalized spacial score (nSPS) is 10.8. The largest absolute Gasteiger partial charge is 0.356 e. The van der Waals surface area contributed by atoms with Gasteiger partial charge in [-0.1, -0.05) is 42.5 Å². The van der Waals surface area contributed by atoms with Crippen LogP contribution in [0.4, 0.5) is 0 Å². The number of fused-ring (bicyclic) bond motifs is 1. The molecular weight excluding hydrogens is 324 g/mol. The number of benzene rings is 2. The third-order valence-electron chi connectivity index (χ3n) is 4.83. The second-order valence-electron chi connectivity index (χ2n) is 6.68. The number of hydrogen-bond donors (Lipinski definition) is 2. The lowest BCUT2D eigenvalue weighted by atomic mass is 10.0. The Hall–Kier alpha value is -2.88. The molecule has 2 N–H and O–H groups in total. The quantitative estimate of drug-likeness (QED) is 0.717. The average molecular weight is 348 g/mol. The van der Waals surface area contributed by atoms with E-state index in [9.17, 15) is 9.59 Å². The topological polar surface area (TPSA) is 62.0 Å². The SMILES string of the molecule is Cc1ccc2cc(CCNC(=O)CCc3ccccc3)c(=O)[nH]c2c1C. The minimum atomic E-state index is -0.0789. The van der Waals surface area contributed by atoms with Gasteiger partial charge in [0.1, 0.15) is 0 Å². The van der Waals surface area contributed by atoms with Gasteiger partial charge in [-0.15, -0.1) is 0 Å². The molecule has 2 aromatic carbocycles. The Morgan fingerprint density at radius 3 is 2.58 bits per heavy atom. The number of aromatic nitrogens is 1. The Morgan fingerprint density at radius 1 is 1.04 bits per heavy atom. The molecule has 1 aromatic heterocycles. The van der Waals surface area contributed by atoms with E-state index in [1.807, 2.05) is 56.3 Å². The second kappa shape index (κ2) is 8.00. The first-order valence-electron chi connectivity index (χ1n) is 8.97. The van der Waals surface area contributed by atoms with E-state index < -0.39 is 0 Å². The van der Waals surface area contributed by atoms with Crippen molar-refractivity contribution in [1.82, 2.24) is 10.3 Å². The summed E-state index contributed by atoms with van der Waals surface area (Å²) in [5.74, 6) is 0.0116. The van der Waals surface area contributed by atoms with Gasteiger partial charge in [0.2, 0.25) is 5.91 Å².